The smallest absolute Gasteiger partial charge is 0.326 e. The standard InChI is InChI=1S/C29H48N6O11/c1-14(2)13-19(33-24(40)16(5)30)28(44)35-12-6-7-20(35)27(43)32-17(8-10-21(36)37)25(41)31-18(9-11-22(38)39)26(42)34-23(15(3)4)29(45)46/h14-20,23H,6-13,30H2,1-5H3,(H,31,41)(H,32,43)(H,33,40)(H,34,42)(H,36,37)(H,38,39)(H,45,46)/t16-,17-,18-,19-,20-,23-/m0/s1. The van der Waals surface area contributed by atoms with E-state index in [0.717, 1.165) is 0 Å². The van der Waals surface area contributed by atoms with E-state index in [0.29, 0.717) is 6.42 Å². The molecule has 0 bridgehead atoms. The number of nitrogens with two attached hydrogens (primary N) is 1. The Balaban J connectivity index is 3.22. The van der Waals surface area contributed by atoms with Crippen molar-refractivity contribution in [1.29, 1.82) is 0 Å². The largest absolute Gasteiger partial charge is 0.481 e. The lowest BCUT2D eigenvalue weighted by molar-refractivity contribution is -0.144. The van der Waals surface area contributed by atoms with Crippen molar-refractivity contribution in [2.24, 2.45) is 17.6 Å². The van der Waals surface area contributed by atoms with E-state index < -0.39 is 115 Å². The first kappa shape index (κ1) is 39.7. The topological polar surface area (TPSA) is 275 Å². The summed E-state index contributed by atoms with van der Waals surface area (Å²) in [7, 11) is 0. The molecule has 9 N–H and O–H groups in total. The first-order chi connectivity index (χ1) is 21.3. The quantitative estimate of drug-likeness (QED) is 0.0813. The van der Waals surface area contributed by atoms with Crippen LogP contribution in [0.4, 0.5) is 0 Å². The van der Waals surface area contributed by atoms with Crippen LogP contribution in [-0.2, 0) is 38.4 Å². The summed E-state index contributed by atoms with van der Waals surface area (Å²) in [5.74, 6) is -8.29. The summed E-state index contributed by atoms with van der Waals surface area (Å²) in [6.45, 7) is 8.43. The van der Waals surface area contributed by atoms with Crippen molar-refractivity contribution >= 4 is 47.4 Å². The maximum absolute atomic E-state index is 13.5. The lowest BCUT2D eigenvalue weighted by atomic mass is 10.0. The number of carbonyl (C=O) groups excluding carboxylic acids is 5. The molecular formula is C29H48N6O11. The van der Waals surface area contributed by atoms with E-state index in [-0.39, 0.29) is 25.3 Å². The molecule has 0 aromatic carbocycles. The summed E-state index contributed by atoms with van der Waals surface area (Å²) in [5, 5.41) is 37.5. The molecule has 1 aliphatic rings. The number of aliphatic carboxylic acids is 3. The molecule has 5 amide bonds. The molecule has 0 unspecified atom stereocenters. The normalized spacial score (nSPS) is 17.7. The van der Waals surface area contributed by atoms with Crippen molar-refractivity contribution < 1.29 is 53.7 Å². The molecule has 0 spiro atoms. The molecule has 0 aliphatic carbocycles. The Bertz CT molecular complexity index is 1140. The van der Waals surface area contributed by atoms with Crippen molar-refractivity contribution in [3.05, 3.63) is 0 Å². The third-order valence-corrected chi connectivity index (χ3v) is 7.36. The fourth-order valence-corrected chi connectivity index (χ4v) is 4.88. The minimum atomic E-state index is -1.52. The second-order valence-electron chi connectivity index (χ2n) is 12.2. The molecule has 1 aliphatic heterocycles. The van der Waals surface area contributed by atoms with Gasteiger partial charge in [-0.25, -0.2) is 4.79 Å². The molecular weight excluding hydrogens is 608 g/mol. The van der Waals surface area contributed by atoms with Gasteiger partial charge in [-0.15, -0.1) is 0 Å². The average molecular weight is 657 g/mol. The van der Waals surface area contributed by atoms with Crippen LogP contribution in [0.2, 0.25) is 0 Å². The van der Waals surface area contributed by atoms with E-state index >= 15 is 0 Å². The lowest BCUT2D eigenvalue weighted by Crippen LogP contribution is -2.59. The summed E-state index contributed by atoms with van der Waals surface area (Å²) >= 11 is 0. The number of hydrogen-bond donors (Lipinski definition) is 8. The third kappa shape index (κ3) is 13.0. The Kier molecular flexibility index (Phi) is 16.1. The zero-order valence-corrected chi connectivity index (χ0v) is 26.9. The minimum Gasteiger partial charge on any atom is -0.481 e. The number of amides is 5. The van der Waals surface area contributed by atoms with Gasteiger partial charge in [0.25, 0.3) is 0 Å². The Labute approximate surface area is 267 Å². The van der Waals surface area contributed by atoms with E-state index in [1.54, 1.807) is 0 Å². The van der Waals surface area contributed by atoms with Crippen LogP contribution in [0.15, 0.2) is 0 Å². The maximum atomic E-state index is 13.5. The third-order valence-electron chi connectivity index (χ3n) is 7.36. The molecule has 17 nitrogen and oxygen atoms in total. The van der Waals surface area contributed by atoms with E-state index in [1.165, 1.54) is 25.7 Å². The van der Waals surface area contributed by atoms with Gasteiger partial charge in [0.15, 0.2) is 0 Å². The van der Waals surface area contributed by atoms with Gasteiger partial charge in [0.05, 0.1) is 6.04 Å². The van der Waals surface area contributed by atoms with Crippen LogP contribution >= 0.6 is 0 Å². The summed E-state index contributed by atoms with van der Waals surface area (Å²) in [5.41, 5.74) is 5.65. The average Bonchev–Trinajstić information content (AvgIpc) is 3.44. The molecule has 260 valence electrons. The van der Waals surface area contributed by atoms with E-state index in [4.69, 9.17) is 10.8 Å². The molecule has 1 fully saturated rings. The van der Waals surface area contributed by atoms with Crippen molar-refractivity contribution in [2.75, 3.05) is 6.54 Å². The van der Waals surface area contributed by atoms with Crippen LogP contribution in [0.5, 0.6) is 0 Å². The lowest BCUT2D eigenvalue weighted by Gasteiger charge is -2.31. The van der Waals surface area contributed by atoms with Crippen molar-refractivity contribution in [3.8, 4) is 0 Å². The number of nitrogens with one attached hydrogen (secondary N) is 4. The molecule has 1 heterocycles. The summed E-state index contributed by atoms with van der Waals surface area (Å²) in [4.78, 5) is 101. The molecule has 0 saturated carbocycles. The van der Waals surface area contributed by atoms with Crippen LogP contribution in [0, 0.1) is 11.8 Å². The van der Waals surface area contributed by atoms with Gasteiger partial charge in [-0.3, -0.25) is 33.6 Å². The zero-order valence-electron chi connectivity index (χ0n) is 26.9. The van der Waals surface area contributed by atoms with E-state index in [2.05, 4.69) is 21.3 Å². The van der Waals surface area contributed by atoms with Gasteiger partial charge in [-0.1, -0.05) is 27.7 Å². The van der Waals surface area contributed by atoms with Gasteiger partial charge in [-0.05, 0) is 50.9 Å². The Morgan fingerprint density at radius 2 is 1.24 bits per heavy atom. The molecule has 17 heteroatoms. The number of likely N-dealkylation sites (tertiary alicyclic amines) is 1. The molecule has 6 atom stereocenters. The number of carbonyl (C=O) groups is 8. The van der Waals surface area contributed by atoms with Crippen molar-refractivity contribution in [1.82, 2.24) is 26.2 Å². The van der Waals surface area contributed by atoms with Gasteiger partial charge in [0.1, 0.15) is 30.2 Å². The number of nitrogens with zero attached hydrogens (tertiary/aromatic N) is 1. The van der Waals surface area contributed by atoms with Gasteiger partial charge in [-0.2, -0.15) is 0 Å². The highest BCUT2D eigenvalue weighted by atomic mass is 16.4. The van der Waals surface area contributed by atoms with Crippen molar-refractivity contribution in [2.45, 2.75) is 116 Å². The highest BCUT2D eigenvalue weighted by molar-refractivity contribution is 5.96. The molecule has 46 heavy (non-hydrogen) atoms. The first-order valence-electron chi connectivity index (χ1n) is 15.3. The van der Waals surface area contributed by atoms with Gasteiger partial charge in [0.2, 0.25) is 29.5 Å². The number of rotatable bonds is 19. The van der Waals surface area contributed by atoms with E-state index in [9.17, 15) is 48.6 Å². The summed E-state index contributed by atoms with van der Waals surface area (Å²) in [6.07, 6.45) is -1.05. The fraction of sp³-hybridized carbons (Fsp3) is 0.724. The Hall–Kier alpha value is -4.28. The van der Waals surface area contributed by atoms with Crippen LogP contribution in [0.3, 0.4) is 0 Å². The van der Waals surface area contributed by atoms with Gasteiger partial charge < -0.3 is 47.2 Å². The molecule has 0 radical (unpaired) electrons. The fourth-order valence-electron chi connectivity index (χ4n) is 4.88. The first-order valence-corrected chi connectivity index (χ1v) is 15.3. The highest BCUT2D eigenvalue weighted by Gasteiger charge is 2.39. The van der Waals surface area contributed by atoms with Crippen LogP contribution < -0.4 is 27.0 Å². The predicted octanol–water partition coefficient (Wildman–Crippen LogP) is -1.22. The Morgan fingerprint density at radius 3 is 1.70 bits per heavy atom. The van der Waals surface area contributed by atoms with Gasteiger partial charge >= 0.3 is 17.9 Å². The highest BCUT2D eigenvalue weighted by Crippen LogP contribution is 2.21. The zero-order chi connectivity index (χ0) is 35.3. The number of carboxylic acid groups (broad SMARTS) is 3. The Morgan fingerprint density at radius 1 is 0.739 bits per heavy atom. The van der Waals surface area contributed by atoms with Crippen LogP contribution in [-0.4, -0.2) is 110 Å². The minimum absolute atomic E-state index is 0.00102. The second kappa shape index (κ2) is 18.6. The summed E-state index contributed by atoms with van der Waals surface area (Å²) < 4.78 is 0. The SMILES string of the molecule is CC(C)C[C@H](NC(=O)[C@H](C)N)C(=O)N1CCC[C@H]1C(=O)N[C@@H](CCC(=O)O)C(=O)N[C@@H](CCC(=O)O)C(=O)N[C@H](C(=O)O)C(C)C. The molecule has 0 aromatic rings. The predicted molar refractivity (Wildman–Crippen MR) is 162 cm³/mol. The van der Waals surface area contributed by atoms with Gasteiger partial charge in [0, 0.05) is 19.4 Å². The maximum Gasteiger partial charge on any atom is 0.326 e. The summed E-state index contributed by atoms with van der Waals surface area (Å²) in [6, 6.07) is -7.28. The molecule has 1 saturated heterocycles. The van der Waals surface area contributed by atoms with E-state index in [1.807, 2.05) is 13.8 Å². The monoisotopic (exact) mass is 656 g/mol. The molecule has 1 rings (SSSR count). The van der Waals surface area contributed by atoms with Crippen LogP contribution in [0.25, 0.3) is 0 Å². The van der Waals surface area contributed by atoms with Crippen molar-refractivity contribution in [3.63, 3.8) is 0 Å². The number of hydrogen-bond acceptors (Lipinski definition) is 9. The number of carboxylic acids is 3. The van der Waals surface area contributed by atoms with Crippen LogP contribution in [0.1, 0.15) is 79.6 Å². The molecule has 0 aromatic heterocycles. The second-order valence-corrected chi connectivity index (χ2v) is 12.2.